The van der Waals surface area contributed by atoms with Crippen molar-refractivity contribution in [1.29, 1.82) is 0 Å². The molecule has 2 aromatic rings. The second-order valence-electron chi connectivity index (χ2n) is 14.8. The summed E-state index contributed by atoms with van der Waals surface area (Å²) in [6.07, 6.45) is 34.4. The number of aromatic hydroxyl groups is 1. The van der Waals surface area contributed by atoms with Gasteiger partial charge < -0.3 is 5.11 Å². The first-order valence-corrected chi connectivity index (χ1v) is 25.0. The van der Waals surface area contributed by atoms with E-state index in [9.17, 15) is 5.11 Å². The molecule has 3 fully saturated rings. The van der Waals surface area contributed by atoms with Crippen molar-refractivity contribution in [1.82, 2.24) is 0 Å². The molecule has 2 nitrogen and oxygen atoms in total. The molecule has 0 heterocycles. The first kappa shape index (κ1) is 37.0. The monoisotopic (exact) mass is 789 g/mol. The van der Waals surface area contributed by atoms with E-state index in [-0.39, 0.29) is 5.41 Å². The first-order valence-electron chi connectivity index (χ1n) is 18.2. The summed E-state index contributed by atoms with van der Waals surface area (Å²) >= 11 is 5.64. The van der Waals surface area contributed by atoms with Crippen molar-refractivity contribution in [3.8, 4) is 17.6 Å². The van der Waals surface area contributed by atoms with Crippen LogP contribution < -0.4 is 0 Å². The molecule has 0 aromatic heterocycles. The van der Waals surface area contributed by atoms with E-state index in [0.29, 0.717) is 51.8 Å². The molecule has 7 rings (SSSR count). The van der Waals surface area contributed by atoms with Gasteiger partial charge in [-0.2, -0.15) is 0 Å². The molecule has 0 radical (unpaired) electrons. The van der Waals surface area contributed by atoms with Crippen molar-refractivity contribution in [2.75, 3.05) is 0 Å². The molecular formula is C43H48Cl3NOZr. The number of benzene rings is 2. The summed E-state index contributed by atoms with van der Waals surface area (Å²) in [5.41, 5.74) is 3.79. The van der Waals surface area contributed by atoms with E-state index >= 15 is 0 Å². The molecule has 1 N–H and O–H groups in total. The summed E-state index contributed by atoms with van der Waals surface area (Å²) in [5, 5.41) is 11.7. The third kappa shape index (κ3) is 8.63. The van der Waals surface area contributed by atoms with E-state index < -0.39 is 20.8 Å². The number of phenols is 1. The minimum absolute atomic E-state index is 0.278. The molecule has 5 aliphatic rings. The van der Waals surface area contributed by atoms with E-state index in [2.05, 4.69) is 84.5 Å². The number of halogens is 3. The zero-order chi connectivity index (χ0) is 34.2. The van der Waals surface area contributed by atoms with Gasteiger partial charge in [-0.25, -0.2) is 0 Å². The molecule has 6 heteroatoms. The zero-order valence-electron chi connectivity index (χ0n) is 28.5. The Morgan fingerprint density at radius 2 is 1.41 bits per heavy atom. The molecule has 49 heavy (non-hydrogen) atoms. The maximum absolute atomic E-state index is 11.0. The Bertz CT molecular complexity index is 1600. The Hall–Kier alpha value is -1.82. The van der Waals surface area contributed by atoms with Gasteiger partial charge in [0.2, 0.25) is 0 Å². The molecule has 0 saturated heterocycles. The van der Waals surface area contributed by atoms with Crippen LogP contribution >= 0.6 is 28.6 Å². The zero-order valence-corrected chi connectivity index (χ0v) is 33.2. The van der Waals surface area contributed by atoms with Crippen molar-refractivity contribution < 1.29 is 26.0 Å². The fourth-order valence-electron chi connectivity index (χ4n) is 9.87. The van der Waals surface area contributed by atoms with Gasteiger partial charge in [0.1, 0.15) is 5.75 Å². The first-order chi connectivity index (χ1) is 23.9. The van der Waals surface area contributed by atoms with Crippen LogP contribution in [0.2, 0.25) is 5.02 Å². The topological polar surface area (TPSA) is 32.6 Å². The standard InChI is InChI=1S/C43H48ClNO.2ClH.Zr/c1-43(33-16-5-6-17-33,41-38-20-9-7-18-36(38)37-19-8-10-21-39(37)41)26-12-11-13-30-22-24-35(25-23-30)45-29-32-27-34(44)28-40(42(32)46)31-14-3-2-4-15-31;;;/h7-10,18-25,27-29,31,33,36-39,41,46H,2-6,12,14-17,26H2,1H3;2*1H;/q;;;+2/p-2. The number of hydrogen-bond donors (Lipinski definition) is 1. The van der Waals surface area contributed by atoms with E-state index in [4.69, 9.17) is 28.6 Å². The van der Waals surface area contributed by atoms with Crippen molar-refractivity contribution in [2.45, 2.75) is 83.5 Å². The van der Waals surface area contributed by atoms with Crippen molar-refractivity contribution in [3.05, 3.63) is 107 Å². The summed E-state index contributed by atoms with van der Waals surface area (Å²) < 4.78 is 0. The van der Waals surface area contributed by atoms with E-state index in [1.54, 1.807) is 12.3 Å². The number of rotatable bonds is 7. The number of allylic oxidation sites excluding steroid dienone is 8. The third-order valence-electron chi connectivity index (χ3n) is 12.2. The normalized spacial score (nSPS) is 27.1. The van der Waals surface area contributed by atoms with Crippen LogP contribution in [0.15, 0.2) is 90.0 Å². The van der Waals surface area contributed by atoms with Gasteiger partial charge in [-0.15, -0.1) is 0 Å². The molecule has 0 amide bonds. The maximum atomic E-state index is 11.0. The Balaban J connectivity index is 0.00000134. The van der Waals surface area contributed by atoms with Crippen LogP contribution in [-0.4, -0.2) is 11.3 Å². The van der Waals surface area contributed by atoms with Crippen LogP contribution in [0.1, 0.15) is 100 Å². The summed E-state index contributed by atoms with van der Waals surface area (Å²) in [7, 11) is 9.87. The number of hydrogen-bond acceptors (Lipinski definition) is 2. The molecule has 5 atom stereocenters. The summed E-state index contributed by atoms with van der Waals surface area (Å²) in [4.78, 5) is 4.68. The van der Waals surface area contributed by atoms with Crippen molar-refractivity contribution >= 4 is 40.5 Å². The van der Waals surface area contributed by atoms with Crippen LogP contribution in [0, 0.1) is 52.8 Å². The van der Waals surface area contributed by atoms with Gasteiger partial charge >= 0.3 is 37.9 Å². The van der Waals surface area contributed by atoms with Crippen LogP contribution in [0.3, 0.4) is 0 Å². The van der Waals surface area contributed by atoms with Gasteiger partial charge in [0, 0.05) is 28.8 Å². The molecule has 3 saturated carbocycles. The predicted molar refractivity (Wildman–Crippen MR) is 205 cm³/mol. The average Bonchev–Trinajstić information content (AvgIpc) is 3.80. The van der Waals surface area contributed by atoms with E-state index in [1.807, 2.05) is 18.2 Å². The van der Waals surface area contributed by atoms with Gasteiger partial charge in [0.25, 0.3) is 0 Å². The Labute approximate surface area is 317 Å². The fourth-order valence-corrected chi connectivity index (χ4v) is 10.1. The van der Waals surface area contributed by atoms with E-state index in [1.165, 1.54) is 44.9 Å². The summed E-state index contributed by atoms with van der Waals surface area (Å²) in [6, 6.07) is 11.9. The average molecular weight is 792 g/mol. The Morgan fingerprint density at radius 1 is 0.837 bits per heavy atom. The molecule has 0 bridgehead atoms. The molecule has 0 aliphatic heterocycles. The summed E-state index contributed by atoms with van der Waals surface area (Å²) in [5.74, 6) is 11.7. The number of fused-ring (bicyclic) bond motifs is 3. The second kappa shape index (κ2) is 17.6. The number of nitrogens with zero attached hydrogens (tertiary/aromatic N) is 1. The van der Waals surface area contributed by atoms with E-state index in [0.717, 1.165) is 48.4 Å². The Morgan fingerprint density at radius 3 is 2.02 bits per heavy atom. The van der Waals surface area contributed by atoms with Gasteiger partial charge in [0.05, 0.1) is 5.69 Å². The van der Waals surface area contributed by atoms with Crippen LogP contribution in [0.4, 0.5) is 5.69 Å². The third-order valence-corrected chi connectivity index (χ3v) is 12.4. The molecule has 5 unspecified atom stereocenters. The second-order valence-corrected chi connectivity index (χ2v) is 19.0. The summed E-state index contributed by atoms with van der Waals surface area (Å²) in [6.45, 7) is 2.62. The molecule has 5 aliphatic carbocycles. The molecule has 2 aromatic carbocycles. The van der Waals surface area contributed by atoms with Crippen molar-refractivity contribution in [2.24, 2.45) is 45.9 Å². The molecule has 0 spiro atoms. The van der Waals surface area contributed by atoms with Crippen LogP contribution in [0.25, 0.3) is 0 Å². The fraction of sp³-hybridized carbons (Fsp3) is 0.465. The predicted octanol–water partition coefficient (Wildman–Crippen LogP) is 12.9. The SMILES string of the molecule is CC(CCC#Cc1ccc(N=Cc2cc(Cl)cc(C3CCCCC3)c2O)cc1)(C1CCCC1)C1C2C=CC=CC2C2C=CC=CC21.[Cl][Zr][Cl]. The van der Waals surface area contributed by atoms with Gasteiger partial charge in [-0.3, -0.25) is 4.99 Å². The number of phenolic OH excluding ortho intramolecular Hbond substituents is 1. The number of aliphatic imine (C=N–C) groups is 1. The molecular weight excluding hydrogens is 744 g/mol. The quantitative estimate of drug-likeness (QED) is 0.220. The van der Waals surface area contributed by atoms with Gasteiger partial charge in [-0.05, 0) is 121 Å². The Kier molecular flexibility index (Phi) is 13.3. The van der Waals surface area contributed by atoms with Crippen LogP contribution in [0.5, 0.6) is 5.75 Å². The van der Waals surface area contributed by atoms with Crippen molar-refractivity contribution in [3.63, 3.8) is 0 Å². The minimum atomic E-state index is -0.826. The molecule has 256 valence electrons. The van der Waals surface area contributed by atoms with Gasteiger partial charge in [-0.1, -0.05) is 111 Å². The van der Waals surface area contributed by atoms with Gasteiger partial charge in [0.15, 0.2) is 0 Å². The van der Waals surface area contributed by atoms with Crippen LogP contribution in [-0.2, 0) is 20.8 Å².